The molecule has 0 aliphatic rings. The van der Waals surface area contributed by atoms with Gasteiger partial charge in [-0.3, -0.25) is 4.79 Å². The van der Waals surface area contributed by atoms with Gasteiger partial charge in [-0.15, -0.1) is 11.8 Å². The van der Waals surface area contributed by atoms with Crippen LogP contribution in [0.15, 0.2) is 35.2 Å². The molecule has 0 aliphatic carbocycles. The molecule has 0 fully saturated rings. The Morgan fingerprint density at radius 3 is 2.09 bits per heavy atom. The molecule has 0 aliphatic heterocycles. The van der Waals surface area contributed by atoms with Gasteiger partial charge in [0.05, 0.1) is 5.75 Å². The minimum Gasteiger partial charge on any atom is -0.325 e. The van der Waals surface area contributed by atoms with Crippen LogP contribution in [0.4, 0.5) is 5.69 Å². The van der Waals surface area contributed by atoms with Crippen molar-refractivity contribution in [2.75, 3.05) is 11.1 Å². The van der Waals surface area contributed by atoms with E-state index in [1.54, 1.807) is 11.8 Å². The first-order chi connectivity index (χ1) is 10.4. The number of rotatable bonds is 4. The maximum Gasteiger partial charge on any atom is 0.234 e. The van der Waals surface area contributed by atoms with Crippen LogP contribution in [0.1, 0.15) is 27.8 Å². The highest BCUT2D eigenvalue weighted by atomic mass is 32.2. The molecule has 0 atom stereocenters. The minimum absolute atomic E-state index is 0.0417. The molecule has 2 rings (SSSR count). The van der Waals surface area contributed by atoms with Crippen LogP contribution in [0.2, 0.25) is 0 Å². The van der Waals surface area contributed by atoms with E-state index >= 15 is 0 Å². The lowest BCUT2D eigenvalue weighted by atomic mass is 10.1. The summed E-state index contributed by atoms with van der Waals surface area (Å²) in [7, 11) is 0. The number of aryl methyl sites for hydroxylation is 5. The highest BCUT2D eigenvalue weighted by Crippen LogP contribution is 2.25. The summed E-state index contributed by atoms with van der Waals surface area (Å²) in [6, 6.07) is 10.5. The number of anilines is 1. The second-order valence-corrected chi connectivity index (χ2v) is 6.90. The molecule has 1 N–H and O–H groups in total. The average molecular weight is 313 g/mol. The van der Waals surface area contributed by atoms with E-state index in [-0.39, 0.29) is 5.91 Å². The van der Waals surface area contributed by atoms with E-state index < -0.39 is 0 Å². The van der Waals surface area contributed by atoms with Gasteiger partial charge in [-0.05, 0) is 57.4 Å². The number of amides is 1. The standard InChI is InChI=1S/C19H23NOS/c1-12-6-7-17(14(3)8-12)22-11-18(21)20-19-15(4)9-13(2)10-16(19)5/h6-10H,11H2,1-5H3,(H,20,21). The molecule has 116 valence electrons. The molecule has 0 spiro atoms. The van der Waals surface area contributed by atoms with Crippen molar-refractivity contribution in [3.8, 4) is 0 Å². The lowest BCUT2D eigenvalue weighted by molar-refractivity contribution is -0.113. The van der Waals surface area contributed by atoms with Gasteiger partial charge in [-0.1, -0.05) is 35.4 Å². The van der Waals surface area contributed by atoms with Crippen molar-refractivity contribution in [2.45, 2.75) is 39.5 Å². The number of hydrogen-bond acceptors (Lipinski definition) is 2. The second kappa shape index (κ2) is 7.01. The van der Waals surface area contributed by atoms with Gasteiger partial charge in [0.1, 0.15) is 0 Å². The van der Waals surface area contributed by atoms with Crippen LogP contribution < -0.4 is 5.32 Å². The summed E-state index contributed by atoms with van der Waals surface area (Å²) in [5.41, 5.74) is 6.86. The molecule has 0 heterocycles. The highest BCUT2D eigenvalue weighted by molar-refractivity contribution is 8.00. The van der Waals surface area contributed by atoms with E-state index in [0.29, 0.717) is 5.75 Å². The van der Waals surface area contributed by atoms with Crippen LogP contribution in [0, 0.1) is 34.6 Å². The van der Waals surface area contributed by atoms with E-state index in [1.165, 1.54) is 16.7 Å². The molecule has 0 radical (unpaired) electrons. The van der Waals surface area contributed by atoms with Crippen molar-refractivity contribution in [2.24, 2.45) is 0 Å². The number of hydrogen-bond donors (Lipinski definition) is 1. The Labute approximate surface area is 137 Å². The van der Waals surface area contributed by atoms with Gasteiger partial charge >= 0.3 is 0 Å². The first kappa shape index (κ1) is 16.6. The van der Waals surface area contributed by atoms with Gasteiger partial charge in [0.2, 0.25) is 5.91 Å². The Morgan fingerprint density at radius 1 is 0.909 bits per heavy atom. The Morgan fingerprint density at radius 2 is 1.50 bits per heavy atom. The van der Waals surface area contributed by atoms with Gasteiger partial charge in [0, 0.05) is 10.6 Å². The fourth-order valence-corrected chi connectivity index (χ4v) is 3.47. The zero-order valence-electron chi connectivity index (χ0n) is 13.9. The minimum atomic E-state index is 0.0417. The molecular formula is C19H23NOS. The van der Waals surface area contributed by atoms with E-state index in [9.17, 15) is 4.79 Å². The van der Waals surface area contributed by atoms with Gasteiger partial charge in [-0.2, -0.15) is 0 Å². The molecule has 0 saturated heterocycles. The molecule has 0 saturated carbocycles. The smallest absolute Gasteiger partial charge is 0.234 e. The van der Waals surface area contributed by atoms with Crippen LogP contribution in [0.3, 0.4) is 0 Å². The largest absolute Gasteiger partial charge is 0.325 e. The quantitative estimate of drug-likeness (QED) is 0.808. The monoisotopic (exact) mass is 313 g/mol. The molecule has 0 unspecified atom stereocenters. The SMILES string of the molecule is Cc1ccc(SCC(=O)Nc2c(C)cc(C)cc2C)c(C)c1. The third-order valence-electron chi connectivity index (χ3n) is 3.63. The summed E-state index contributed by atoms with van der Waals surface area (Å²) in [5.74, 6) is 0.469. The van der Waals surface area contributed by atoms with E-state index in [0.717, 1.165) is 21.7 Å². The van der Waals surface area contributed by atoms with Crippen molar-refractivity contribution in [3.05, 3.63) is 58.1 Å². The van der Waals surface area contributed by atoms with E-state index in [1.807, 2.05) is 13.8 Å². The topological polar surface area (TPSA) is 29.1 Å². The zero-order valence-corrected chi connectivity index (χ0v) is 14.7. The van der Waals surface area contributed by atoms with Crippen molar-refractivity contribution < 1.29 is 4.79 Å². The molecular weight excluding hydrogens is 290 g/mol. The Bertz CT molecular complexity index is 684. The van der Waals surface area contributed by atoms with Crippen LogP contribution in [0.25, 0.3) is 0 Å². The Kier molecular flexibility index (Phi) is 5.30. The average Bonchev–Trinajstić information content (AvgIpc) is 2.42. The van der Waals surface area contributed by atoms with Crippen LogP contribution in [-0.2, 0) is 4.79 Å². The third-order valence-corrected chi connectivity index (χ3v) is 4.81. The molecule has 3 heteroatoms. The molecule has 22 heavy (non-hydrogen) atoms. The first-order valence-electron chi connectivity index (χ1n) is 7.44. The summed E-state index contributed by atoms with van der Waals surface area (Å²) in [6.07, 6.45) is 0. The molecule has 0 bridgehead atoms. The fraction of sp³-hybridized carbons (Fsp3) is 0.316. The first-order valence-corrected chi connectivity index (χ1v) is 8.43. The van der Waals surface area contributed by atoms with Crippen LogP contribution in [-0.4, -0.2) is 11.7 Å². The van der Waals surface area contributed by atoms with Gasteiger partial charge in [0.15, 0.2) is 0 Å². The van der Waals surface area contributed by atoms with E-state index in [4.69, 9.17) is 0 Å². The number of carbonyl (C=O) groups is 1. The number of carbonyl (C=O) groups excluding carboxylic acids is 1. The zero-order chi connectivity index (χ0) is 16.3. The summed E-state index contributed by atoms with van der Waals surface area (Å²) in [6.45, 7) is 10.3. The molecule has 0 aromatic heterocycles. The molecule has 2 nitrogen and oxygen atoms in total. The predicted molar refractivity (Wildman–Crippen MR) is 95.9 cm³/mol. The predicted octanol–water partition coefficient (Wildman–Crippen LogP) is 4.96. The van der Waals surface area contributed by atoms with Crippen molar-refractivity contribution >= 4 is 23.4 Å². The summed E-state index contributed by atoms with van der Waals surface area (Å²) in [5, 5.41) is 3.05. The fourth-order valence-electron chi connectivity index (χ4n) is 2.66. The molecule has 1 amide bonds. The number of benzene rings is 2. The van der Waals surface area contributed by atoms with Gasteiger partial charge in [-0.25, -0.2) is 0 Å². The summed E-state index contributed by atoms with van der Waals surface area (Å²) in [4.78, 5) is 13.4. The van der Waals surface area contributed by atoms with Gasteiger partial charge < -0.3 is 5.32 Å². The molecule has 2 aromatic rings. The lowest BCUT2D eigenvalue weighted by Gasteiger charge is -2.13. The normalized spacial score (nSPS) is 10.6. The maximum absolute atomic E-state index is 12.2. The summed E-state index contributed by atoms with van der Waals surface area (Å²) >= 11 is 1.59. The number of nitrogens with one attached hydrogen (secondary N) is 1. The van der Waals surface area contributed by atoms with Crippen molar-refractivity contribution in [3.63, 3.8) is 0 Å². The Balaban J connectivity index is 2.02. The Hall–Kier alpha value is -1.74. The van der Waals surface area contributed by atoms with E-state index in [2.05, 4.69) is 56.4 Å². The maximum atomic E-state index is 12.2. The van der Waals surface area contributed by atoms with Crippen molar-refractivity contribution in [1.82, 2.24) is 0 Å². The van der Waals surface area contributed by atoms with Crippen molar-refractivity contribution in [1.29, 1.82) is 0 Å². The van der Waals surface area contributed by atoms with Crippen LogP contribution in [0.5, 0.6) is 0 Å². The number of thioether (sulfide) groups is 1. The van der Waals surface area contributed by atoms with Crippen LogP contribution >= 0.6 is 11.8 Å². The third kappa shape index (κ3) is 4.14. The summed E-state index contributed by atoms with van der Waals surface area (Å²) < 4.78 is 0. The lowest BCUT2D eigenvalue weighted by Crippen LogP contribution is -2.16. The van der Waals surface area contributed by atoms with Gasteiger partial charge in [0.25, 0.3) is 0 Å². The highest BCUT2D eigenvalue weighted by Gasteiger charge is 2.09. The molecule has 2 aromatic carbocycles. The second-order valence-electron chi connectivity index (χ2n) is 5.88.